The van der Waals surface area contributed by atoms with Crippen LogP contribution in [0.3, 0.4) is 0 Å². The Labute approximate surface area is 611 Å². The van der Waals surface area contributed by atoms with Crippen molar-refractivity contribution in [3.05, 3.63) is 0 Å². The minimum atomic E-state index is -5.32. The molecular weight excluding hydrogens is 1530 g/mol. The highest BCUT2D eigenvalue weighted by molar-refractivity contribution is 7.81. The van der Waals surface area contributed by atoms with Crippen LogP contribution in [0.2, 0.25) is 0 Å². The summed E-state index contributed by atoms with van der Waals surface area (Å²) in [6, 6.07) is -7.62. The van der Waals surface area contributed by atoms with Crippen LogP contribution < -0.4 is 21.3 Å². The number of aliphatic hydroxyl groups is 19. The van der Waals surface area contributed by atoms with Gasteiger partial charge in [0.05, 0.1) is 52.4 Å². The Morgan fingerprint density at radius 1 is 0.306 bits per heavy atom. The van der Waals surface area contributed by atoms with Gasteiger partial charge < -0.3 is 189 Å². The van der Waals surface area contributed by atoms with Crippen LogP contribution in [-0.4, -0.2) is 438 Å². The summed E-state index contributed by atoms with van der Waals surface area (Å²) in [6.07, 6.45) is -76.6. The van der Waals surface area contributed by atoms with E-state index in [4.69, 9.17) is 71.1 Å². The first-order chi connectivity index (χ1) is 50.5. The van der Waals surface area contributed by atoms with Crippen LogP contribution in [0.1, 0.15) is 34.6 Å². The molecule has 0 spiro atoms. The van der Waals surface area contributed by atoms with Gasteiger partial charge in [-0.05, 0) is 6.92 Å². The van der Waals surface area contributed by atoms with Crippen LogP contribution in [0.25, 0.3) is 0 Å². The van der Waals surface area contributed by atoms with Crippen LogP contribution in [0, 0.1) is 0 Å². The third-order valence-corrected chi connectivity index (χ3v) is 19.5. The zero-order valence-electron chi connectivity index (χ0n) is 57.5. The van der Waals surface area contributed by atoms with Gasteiger partial charge in [0.25, 0.3) is 0 Å². The Morgan fingerprint density at radius 2 is 0.648 bits per heavy atom. The molecule has 8 aliphatic heterocycles. The van der Waals surface area contributed by atoms with E-state index in [9.17, 15) is 142 Å². The number of carbonyl (C=O) groups is 4. The smallest absolute Gasteiger partial charge is 0.394 e. The quantitative estimate of drug-likeness (QED) is 0.0309. The van der Waals surface area contributed by atoms with Crippen molar-refractivity contribution in [2.75, 3.05) is 46.2 Å². The molecule has 8 saturated heterocycles. The molecule has 0 radical (unpaired) electrons. The average Bonchev–Trinajstić information content (AvgIpc) is 0.767. The third-order valence-electron chi connectivity index (χ3n) is 18.6. The van der Waals surface area contributed by atoms with E-state index < -0.39 is 336 Å². The average molecular weight is 1620 g/mol. The second kappa shape index (κ2) is 38.1. The summed E-state index contributed by atoms with van der Waals surface area (Å²) in [5, 5.41) is 223. The lowest BCUT2D eigenvalue weighted by Crippen LogP contribution is -2.71. The monoisotopic (exact) mass is 1620 g/mol. The number of hydrogen-bond donors (Lipinski definition) is 25. The molecule has 0 unspecified atom stereocenters. The minimum Gasteiger partial charge on any atom is -0.394 e. The molecule has 50 nitrogen and oxygen atoms in total. The molecule has 25 N–H and O–H groups in total. The molecule has 108 heavy (non-hydrogen) atoms. The highest BCUT2D eigenvalue weighted by atomic mass is 32.3. The van der Waals surface area contributed by atoms with E-state index in [0.717, 1.165) is 27.7 Å². The van der Waals surface area contributed by atoms with Gasteiger partial charge in [-0.15, -0.1) is 0 Å². The predicted octanol–water partition coefficient (Wildman–Crippen LogP) is -17.2. The summed E-state index contributed by atoms with van der Waals surface area (Å²) in [4.78, 5) is 50.5. The molecule has 8 fully saturated rings. The Balaban J connectivity index is 1.16. The normalized spacial score (nSPS) is 46.3. The molecule has 0 bridgehead atoms. The largest absolute Gasteiger partial charge is 0.397 e. The van der Waals surface area contributed by atoms with Gasteiger partial charge in [-0.3, -0.25) is 28.3 Å². The van der Waals surface area contributed by atoms with Gasteiger partial charge >= 0.3 is 20.8 Å². The summed E-state index contributed by atoms with van der Waals surface area (Å²) < 4.78 is 162. The number of amides is 4. The molecule has 8 rings (SSSR count). The van der Waals surface area contributed by atoms with Crippen molar-refractivity contribution >= 4 is 44.4 Å². The second-order valence-electron chi connectivity index (χ2n) is 26.4. The molecule has 8 heterocycles. The number of carbonyl (C=O) groups excluding carboxylic acids is 4. The zero-order chi connectivity index (χ0) is 80.2. The van der Waals surface area contributed by atoms with Gasteiger partial charge in [0.2, 0.25) is 23.6 Å². The second-order valence-corrected chi connectivity index (χ2v) is 28.6. The predicted molar refractivity (Wildman–Crippen MR) is 330 cm³/mol. The third kappa shape index (κ3) is 21.6. The molecule has 40 atom stereocenters. The lowest BCUT2D eigenvalue weighted by atomic mass is 9.93. The summed E-state index contributed by atoms with van der Waals surface area (Å²) in [5.74, 6) is -3.75. The summed E-state index contributed by atoms with van der Waals surface area (Å²) in [5.41, 5.74) is 0. The maximum Gasteiger partial charge on any atom is 0.397 e. The Kier molecular flexibility index (Phi) is 31.7. The highest BCUT2D eigenvalue weighted by Crippen LogP contribution is 2.39. The first-order valence-corrected chi connectivity index (χ1v) is 36.0. The fourth-order valence-corrected chi connectivity index (χ4v) is 13.7. The van der Waals surface area contributed by atoms with E-state index in [2.05, 4.69) is 29.6 Å². The van der Waals surface area contributed by atoms with E-state index in [-0.39, 0.29) is 0 Å². The molecule has 0 aromatic carbocycles. The van der Waals surface area contributed by atoms with E-state index in [0.29, 0.717) is 0 Å². The SMILES string of the molecule is CC(=O)N[C@@H]1[C@@H](O)[C@H](O[C@@H]2O[C@H](CO)[C@@H](O[C@@H]3O[C@H](CO[C@H]4O[C@H](CO)[C@@H](O)[C@H](O)[C@@H]4O[C@@H]4O[C@H](COS(=O)(=O)O)[C@@H](O)[C@H](O)[C@H]4NC(C)=O)[C@@H](O)[C@H](O[C@H]4O[C@H](CO)[C@@H](O)[C@H](O)[C@@H]4O[C@@H]4O[C@H](COS(=O)(=O)O)[C@@H](O)[C@H](O)[C@H]4NC(C)=O)[C@@H]3O)[C@H](O)[C@H]2NC(C)=O)[C@@H](CO[C@@H]2O[C@@H](C)[C@@H](O)[C@@H](O)[C@@H]2O)O[C@H]1O. The van der Waals surface area contributed by atoms with Crippen LogP contribution in [-0.2, 0) is 119 Å². The summed E-state index contributed by atoms with van der Waals surface area (Å²) in [7, 11) is -10.6. The molecule has 52 heteroatoms. The van der Waals surface area contributed by atoms with E-state index in [1.165, 1.54) is 6.92 Å². The lowest BCUT2D eigenvalue weighted by Gasteiger charge is -2.51. The number of hydrogen-bond acceptors (Lipinski definition) is 44. The summed E-state index contributed by atoms with van der Waals surface area (Å²) >= 11 is 0. The zero-order valence-corrected chi connectivity index (χ0v) is 59.1. The van der Waals surface area contributed by atoms with Crippen molar-refractivity contribution in [3.8, 4) is 0 Å². The minimum absolute atomic E-state index is 0.844. The van der Waals surface area contributed by atoms with Crippen LogP contribution in [0.15, 0.2) is 0 Å². The molecule has 0 aliphatic carbocycles. The Morgan fingerprint density at radius 3 is 1.11 bits per heavy atom. The number of aliphatic hydroxyl groups excluding tert-OH is 19. The van der Waals surface area contributed by atoms with Crippen molar-refractivity contribution in [2.45, 2.75) is 280 Å². The van der Waals surface area contributed by atoms with Crippen molar-refractivity contribution in [1.29, 1.82) is 0 Å². The maximum atomic E-state index is 13.1. The highest BCUT2D eigenvalue weighted by Gasteiger charge is 2.60. The fraction of sp³-hybridized carbons (Fsp3) is 0.929. The van der Waals surface area contributed by atoms with Gasteiger partial charge in [-0.1, -0.05) is 0 Å². The van der Waals surface area contributed by atoms with Gasteiger partial charge in [0.15, 0.2) is 50.3 Å². The number of ether oxygens (including phenoxy) is 15. The van der Waals surface area contributed by atoms with Gasteiger partial charge in [0, 0.05) is 27.7 Å². The fourth-order valence-electron chi connectivity index (χ4n) is 13.1. The molecular formula is C56H94N4O46S2. The van der Waals surface area contributed by atoms with Gasteiger partial charge in [-0.25, -0.2) is 8.37 Å². The van der Waals surface area contributed by atoms with E-state index in [1.807, 2.05) is 0 Å². The van der Waals surface area contributed by atoms with Gasteiger partial charge in [-0.2, -0.15) is 16.8 Å². The van der Waals surface area contributed by atoms with Crippen molar-refractivity contribution < 1.29 is 222 Å². The standard InChI is InChI=1S/C56H94N4O46S2/c1-13-29(68)39(78)42(81)53(94-13)90-10-24-45(37(76)25(49(83)95-24)57-14(2)64)102-52-28(60-17(5)67)38(77)44(20(8-63)98-52)103-54-43(82)46(104-56-48(41(80)31(70)19(7-62)97-56)106-51-27(59-16(4)66)36(75)33(72)23(100-51)12-93-108(87,88)89)34(73)21(101-54)9-91-55-47(40(79)30(69)18(6-61)96-55)105-50-26(58-15(3)65)35(74)32(71)22(99-50)11-92-107(84,85)86/h13,18-56,61-63,68-83H,6-12H2,1-5H3,(H,57,64)(H,58,65)(H,59,66)(H,60,67)(H,84,85,86)(H,87,88,89)/t13-,18+,19+,20+,21+,22+,23+,24+,25+,26+,27+,28+,29+,30+,31+,32+,33+,34+,35+,36+,37+,38+,39+,40-,41-,42-,43-,44+,45+,46-,47-,48-,49+,50-,51-,52-,53+,54-,55-,56+/m0/s1. The molecule has 0 aromatic rings. The first kappa shape index (κ1) is 89.8. The maximum absolute atomic E-state index is 13.1. The Bertz CT molecular complexity index is 3170. The van der Waals surface area contributed by atoms with Crippen molar-refractivity contribution in [3.63, 3.8) is 0 Å². The molecule has 0 saturated carbocycles. The van der Waals surface area contributed by atoms with Gasteiger partial charge in [0.1, 0.15) is 189 Å². The number of rotatable bonds is 29. The first-order valence-electron chi connectivity index (χ1n) is 33.3. The molecule has 4 amide bonds. The van der Waals surface area contributed by atoms with Crippen LogP contribution in [0.5, 0.6) is 0 Å². The van der Waals surface area contributed by atoms with E-state index >= 15 is 0 Å². The summed E-state index contributed by atoms with van der Waals surface area (Å²) in [6.45, 7) is -3.23. The Hall–Kier alpha value is -3.74. The van der Waals surface area contributed by atoms with Crippen LogP contribution >= 0.6 is 0 Å². The topological polar surface area (TPSA) is 766 Å². The van der Waals surface area contributed by atoms with Crippen molar-refractivity contribution in [2.24, 2.45) is 0 Å². The lowest BCUT2D eigenvalue weighted by molar-refractivity contribution is -0.396. The number of nitrogens with one attached hydrogen (secondary N) is 4. The van der Waals surface area contributed by atoms with Crippen LogP contribution in [0.4, 0.5) is 0 Å². The molecule has 626 valence electrons. The van der Waals surface area contributed by atoms with E-state index in [1.54, 1.807) is 0 Å². The molecule has 0 aromatic heterocycles. The molecule has 8 aliphatic rings. The van der Waals surface area contributed by atoms with Crippen molar-refractivity contribution in [1.82, 2.24) is 21.3 Å².